The van der Waals surface area contributed by atoms with Gasteiger partial charge in [0.15, 0.2) is 0 Å². The normalized spacial score (nSPS) is 15.2. The summed E-state index contributed by atoms with van der Waals surface area (Å²) in [5.74, 6) is 1.97. The number of carbonyl (C=O) groups excluding carboxylic acids is 1. The number of benzene rings is 1. The van der Waals surface area contributed by atoms with Gasteiger partial charge in [-0.25, -0.2) is 14.8 Å². The molecular formula is C18H22N4O2. The Kier molecular flexibility index (Phi) is 4.93. The van der Waals surface area contributed by atoms with Crippen molar-refractivity contribution in [3.63, 3.8) is 0 Å². The van der Waals surface area contributed by atoms with Gasteiger partial charge in [-0.1, -0.05) is 19.1 Å². The molecular weight excluding hydrogens is 304 g/mol. The van der Waals surface area contributed by atoms with Crippen molar-refractivity contribution >= 4 is 23.3 Å². The van der Waals surface area contributed by atoms with Crippen molar-refractivity contribution in [3.8, 4) is 0 Å². The molecule has 2 aromatic rings. The number of carbonyl (C=O) groups is 1. The minimum absolute atomic E-state index is 0.377. The van der Waals surface area contributed by atoms with E-state index in [-0.39, 0.29) is 5.97 Å². The van der Waals surface area contributed by atoms with Gasteiger partial charge in [-0.05, 0) is 30.9 Å². The van der Waals surface area contributed by atoms with Gasteiger partial charge in [0.1, 0.15) is 18.0 Å². The van der Waals surface area contributed by atoms with E-state index in [0.29, 0.717) is 17.1 Å². The predicted octanol–water partition coefficient (Wildman–Crippen LogP) is 3.24. The van der Waals surface area contributed by atoms with Crippen molar-refractivity contribution in [3.05, 3.63) is 42.2 Å². The molecule has 1 N–H and O–H groups in total. The molecule has 1 aliphatic rings. The van der Waals surface area contributed by atoms with Crippen LogP contribution in [0.15, 0.2) is 36.7 Å². The van der Waals surface area contributed by atoms with Crippen LogP contribution in [0.25, 0.3) is 0 Å². The number of methoxy groups -OCH3 is 1. The number of nitrogens with one attached hydrogen (secondary N) is 1. The SMILES string of the molecule is COC(=O)c1ccccc1Nc1cc(N2CCC(C)CC2)ncn1. The van der Waals surface area contributed by atoms with Crippen molar-refractivity contribution < 1.29 is 9.53 Å². The third kappa shape index (κ3) is 3.64. The summed E-state index contributed by atoms with van der Waals surface area (Å²) in [6, 6.07) is 9.14. The van der Waals surface area contributed by atoms with Gasteiger partial charge in [0.2, 0.25) is 0 Å². The van der Waals surface area contributed by atoms with Gasteiger partial charge in [0.05, 0.1) is 18.4 Å². The second-order valence-corrected chi connectivity index (χ2v) is 6.09. The van der Waals surface area contributed by atoms with Crippen LogP contribution in [0.2, 0.25) is 0 Å². The van der Waals surface area contributed by atoms with Crippen LogP contribution >= 0.6 is 0 Å². The molecule has 1 aromatic heterocycles. The van der Waals surface area contributed by atoms with Crippen LogP contribution in [0.1, 0.15) is 30.1 Å². The van der Waals surface area contributed by atoms with E-state index in [1.54, 1.807) is 18.5 Å². The summed E-state index contributed by atoms with van der Waals surface area (Å²) < 4.78 is 4.82. The van der Waals surface area contributed by atoms with Gasteiger partial charge in [-0.15, -0.1) is 0 Å². The molecule has 0 bridgehead atoms. The molecule has 6 nitrogen and oxygen atoms in total. The lowest BCUT2D eigenvalue weighted by atomic mass is 9.99. The van der Waals surface area contributed by atoms with Crippen LogP contribution in [0, 0.1) is 5.92 Å². The average molecular weight is 326 g/mol. The fourth-order valence-electron chi connectivity index (χ4n) is 2.84. The fraction of sp³-hybridized carbons (Fsp3) is 0.389. The lowest BCUT2D eigenvalue weighted by Gasteiger charge is -2.31. The first-order valence-corrected chi connectivity index (χ1v) is 8.18. The number of ether oxygens (including phenoxy) is 1. The second kappa shape index (κ2) is 7.29. The highest BCUT2D eigenvalue weighted by Gasteiger charge is 2.18. The number of aromatic nitrogens is 2. The number of hydrogen-bond acceptors (Lipinski definition) is 6. The van der Waals surface area contributed by atoms with E-state index < -0.39 is 0 Å². The van der Waals surface area contributed by atoms with E-state index in [4.69, 9.17) is 4.74 Å². The van der Waals surface area contributed by atoms with Gasteiger partial charge in [0, 0.05) is 19.2 Å². The summed E-state index contributed by atoms with van der Waals surface area (Å²) in [7, 11) is 1.37. The monoisotopic (exact) mass is 326 g/mol. The summed E-state index contributed by atoms with van der Waals surface area (Å²) in [5, 5.41) is 3.20. The Morgan fingerprint density at radius 2 is 2.00 bits per heavy atom. The molecule has 0 spiro atoms. The maximum atomic E-state index is 11.9. The number of hydrogen-bond donors (Lipinski definition) is 1. The zero-order chi connectivity index (χ0) is 16.9. The first-order chi connectivity index (χ1) is 11.7. The summed E-state index contributed by atoms with van der Waals surface area (Å²) in [6.07, 6.45) is 3.91. The lowest BCUT2D eigenvalue weighted by molar-refractivity contribution is 0.0602. The first-order valence-electron chi connectivity index (χ1n) is 8.18. The highest BCUT2D eigenvalue weighted by molar-refractivity contribution is 5.96. The lowest BCUT2D eigenvalue weighted by Crippen LogP contribution is -2.33. The molecule has 3 rings (SSSR count). The molecule has 2 heterocycles. The first kappa shape index (κ1) is 16.2. The van der Waals surface area contributed by atoms with Crippen molar-refractivity contribution in [1.82, 2.24) is 9.97 Å². The molecule has 126 valence electrons. The van der Waals surface area contributed by atoms with Crippen LogP contribution in [0.4, 0.5) is 17.3 Å². The van der Waals surface area contributed by atoms with Gasteiger partial charge < -0.3 is 15.0 Å². The largest absolute Gasteiger partial charge is 0.465 e. The Morgan fingerprint density at radius 3 is 2.75 bits per heavy atom. The molecule has 0 saturated carbocycles. The Bertz CT molecular complexity index is 712. The van der Waals surface area contributed by atoms with Crippen LogP contribution in [0.3, 0.4) is 0 Å². The highest BCUT2D eigenvalue weighted by atomic mass is 16.5. The minimum Gasteiger partial charge on any atom is -0.465 e. The van der Waals surface area contributed by atoms with E-state index in [1.165, 1.54) is 20.0 Å². The number of anilines is 3. The topological polar surface area (TPSA) is 67.3 Å². The van der Waals surface area contributed by atoms with E-state index in [9.17, 15) is 4.79 Å². The summed E-state index contributed by atoms with van der Waals surface area (Å²) in [6.45, 7) is 4.31. The summed E-state index contributed by atoms with van der Waals surface area (Å²) in [4.78, 5) is 22.8. The van der Waals surface area contributed by atoms with Gasteiger partial charge >= 0.3 is 5.97 Å². The molecule has 0 amide bonds. The Balaban J connectivity index is 1.79. The Hall–Kier alpha value is -2.63. The molecule has 1 aromatic carbocycles. The van der Waals surface area contributed by atoms with Crippen LogP contribution in [0.5, 0.6) is 0 Å². The van der Waals surface area contributed by atoms with Crippen LogP contribution < -0.4 is 10.2 Å². The molecule has 24 heavy (non-hydrogen) atoms. The molecule has 6 heteroatoms. The molecule has 1 fully saturated rings. The second-order valence-electron chi connectivity index (χ2n) is 6.09. The predicted molar refractivity (Wildman–Crippen MR) is 93.7 cm³/mol. The van der Waals surface area contributed by atoms with E-state index in [1.807, 2.05) is 18.2 Å². The van der Waals surface area contributed by atoms with Crippen molar-refractivity contribution in [2.45, 2.75) is 19.8 Å². The quantitative estimate of drug-likeness (QED) is 0.870. The average Bonchev–Trinajstić information content (AvgIpc) is 2.62. The molecule has 0 atom stereocenters. The summed E-state index contributed by atoms with van der Waals surface area (Å²) >= 11 is 0. The molecule has 0 radical (unpaired) electrons. The molecule has 0 unspecified atom stereocenters. The van der Waals surface area contributed by atoms with E-state index in [0.717, 1.165) is 24.8 Å². The van der Waals surface area contributed by atoms with Crippen LogP contribution in [-0.4, -0.2) is 36.1 Å². The van der Waals surface area contributed by atoms with Crippen molar-refractivity contribution in [2.75, 3.05) is 30.4 Å². The number of esters is 1. The van der Waals surface area contributed by atoms with E-state index >= 15 is 0 Å². The maximum absolute atomic E-state index is 11.9. The zero-order valence-corrected chi connectivity index (χ0v) is 14.0. The van der Waals surface area contributed by atoms with Crippen molar-refractivity contribution in [1.29, 1.82) is 0 Å². The van der Waals surface area contributed by atoms with Crippen molar-refractivity contribution in [2.24, 2.45) is 5.92 Å². The number of rotatable bonds is 4. The molecule has 0 aliphatic carbocycles. The minimum atomic E-state index is -0.377. The summed E-state index contributed by atoms with van der Waals surface area (Å²) in [5.41, 5.74) is 1.15. The molecule has 1 saturated heterocycles. The van der Waals surface area contributed by atoms with Gasteiger partial charge in [-0.3, -0.25) is 0 Å². The third-order valence-electron chi connectivity index (χ3n) is 4.36. The third-order valence-corrected chi connectivity index (χ3v) is 4.36. The number of nitrogens with zero attached hydrogens (tertiary/aromatic N) is 3. The van der Waals surface area contributed by atoms with Gasteiger partial charge in [0.25, 0.3) is 0 Å². The van der Waals surface area contributed by atoms with Gasteiger partial charge in [-0.2, -0.15) is 0 Å². The number of para-hydroxylation sites is 1. The Morgan fingerprint density at radius 1 is 1.25 bits per heavy atom. The maximum Gasteiger partial charge on any atom is 0.339 e. The van der Waals surface area contributed by atoms with E-state index in [2.05, 4.69) is 27.1 Å². The molecule has 1 aliphatic heterocycles. The number of piperidine rings is 1. The van der Waals surface area contributed by atoms with Crippen LogP contribution in [-0.2, 0) is 4.74 Å². The fourth-order valence-corrected chi connectivity index (χ4v) is 2.84. The standard InChI is InChI=1S/C18H22N4O2/c1-13-7-9-22(10-8-13)17-11-16(19-12-20-17)21-15-6-4-3-5-14(15)18(23)24-2/h3-6,11-13H,7-10H2,1-2H3,(H,19,20,21). The highest BCUT2D eigenvalue weighted by Crippen LogP contribution is 2.25. The smallest absolute Gasteiger partial charge is 0.339 e. The zero-order valence-electron chi connectivity index (χ0n) is 14.0. The Labute approximate surface area is 141 Å².